The summed E-state index contributed by atoms with van der Waals surface area (Å²) in [7, 11) is 0. The monoisotopic (exact) mass is 374 g/mol. The van der Waals surface area contributed by atoms with E-state index in [4.69, 9.17) is 4.74 Å². The summed E-state index contributed by atoms with van der Waals surface area (Å²) in [5.74, 6) is 0.320. The number of ketones is 1. The second kappa shape index (κ2) is 8.30. The topological polar surface area (TPSA) is 46.5 Å². The van der Waals surface area contributed by atoms with E-state index in [1.165, 1.54) is 11.6 Å². The molecule has 1 N–H and O–H groups in total. The van der Waals surface area contributed by atoms with Gasteiger partial charge in [0, 0.05) is 0 Å². The fourth-order valence-corrected chi connectivity index (χ4v) is 3.19. The van der Waals surface area contributed by atoms with Crippen molar-refractivity contribution in [1.82, 2.24) is 0 Å². The number of benzene rings is 2. The van der Waals surface area contributed by atoms with Gasteiger partial charge in [0.25, 0.3) is 0 Å². The molecule has 1 atom stereocenters. The van der Waals surface area contributed by atoms with Crippen LogP contribution in [0.5, 0.6) is 11.5 Å². The molecule has 2 aromatic carbocycles. The lowest BCUT2D eigenvalue weighted by atomic mass is 9.93. The van der Waals surface area contributed by atoms with E-state index in [1.807, 2.05) is 49.4 Å². The number of fused-ring (bicyclic) bond motifs is 1. The molecular formula is C25H26O3. The highest BCUT2D eigenvalue weighted by molar-refractivity contribution is 6.09. The molecule has 0 saturated carbocycles. The minimum Gasteiger partial charge on any atom is -0.506 e. The number of hydrogen-bond acceptors (Lipinski definition) is 3. The van der Waals surface area contributed by atoms with E-state index in [9.17, 15) is 9.90 Å². The van der Waals surface area contributed by atoms with Gasteiger partial charge in [0.1, 0.15) is 17.1 Å². The molecule has 144 valence electrons. The number of carbonyl (C=O) groups is 1. The third-order valence-corrected chi connectivity index (χ3v) is 4.81. The smallest absolute Gasteiger partial charge is 0.189 e. The fourth-order valence-electron chi connectivity index (χ4n) is 3.19. The van der Waals surface area contributed by atoms with Crippen LogP contribution in [0.3, 0.4) is 0 Å². The number of carbonyl (C=O) groups excluding carboxylic acids is 1. The lowest BCUT2D eigenvalue weighted by Gasteiger charge is -2.32. The van der Waals surface area contributed by atoms with Crippen LogP contribution in [0.15, 0.2) is 66.3 Å². The van der Waals surface area contributed by atoms with E-state index in [0.717, 1.165) is 18.4 Å². The highest BCUT2D eigenvalue weighted by atomic mass is 16.5. The first-order valence-electron chi connectivity index (χ1n) is 9.53. The molecule has 0 aliphatic carbocycles. The summed E-state index contributed by atoms with van der Waals surface area (Å²) >= 11 is 0. The van der Waals surface area contributed by atoms with Gasteiger partial charge in [0.15, 0.2) is 5.78 Å². The van der Waals surface area contributed by atoms with Gasteiger partial charge in [0.2, 0.25) is 0 Å². The Balaban J connectivity index is 1.79. The normalized spacial score (nSPS) is 17.8. The van der Waals surface area contributed by atoms with E-state index in [-0.39, 0.29) is 17.1 Å². The average Bonchev–Trinajstić information content (AvgIpc) is 2.66. The summed E-state index contributed by atoms with van der Waals surface area (Å²) in [4.78, 5) is 12.5. The molecule has 1 aliphatic rings. The average molecular weight is 374 g/mol. The predicted molar refractivity (Wildman–Crippen MR) is 115 cm³/mol. The number of hydrogen-bond donors (Lipinski definition) is 1. The van der Waals surface area contributed by atoms with Gasteiger partial charge in [-0.25, -0.2) is 0 Å². The molecule has 3 rings (SSSR count). The number of rotatable bonds is 6. The second-order valence-electron chi connectivity index (χ2n) is 7.55. The summed E-state index contributed by atoms with van der Waals surface area (Å²) in [6.45, 7) is 6.19. The minimum atomic E-state index is -0.426. The highest BCUT2D eigenvalue weighted by Gasteiger charge is 2.29. The standard InChI is InChI=1S/C25H26O3/c1-18(2)8-7-16-25(3)17-15-21-23(28-25)14-12-20(24(21)27)22(26)13-11-19-9-5-4-6-10-19/h4-6,8-15,17,27H,7,16H2,1-3H3/t25-/m0/s1. The largest absolute Gasteiger partial charge is 0.506 e. The molecule has 0 radical (unpaired) electrons. The van der Waals surface area contributed by atoms with Crippen LogP contribution in [-0.2, 0) is 0 Å². The number of ether oxygens (including phenoxy) is 1. The molecule has 2 aromatic rings. The highest BCUT2D eigenvalue weighted by Crippen LogP contribution is 2.40. The quantitative estimate of drug-likeness (QED) is 0.372. The molecule has 0 amide bonds. The van der Waals surface area contributed by atoms with Crippen LogP contribution in [0, 0.1) is 0 Å². The molecular weight excluding hydrogens is 348 g/mol. The van der Waals surface area contributed by atoms with Crippen molar-refractivity contribution in [3.8, 4) is 11.5 Å². The maximum absolute atomic E-state index is 12.5. The summed E-state index contributed by atoms with van der Waals surface area (Å²) in [6.07, 6.45) is 11.0. The Morgan fingerprint density at radius 2 is 1.89 bits per heavy atom. The molecule has 3 nitrogen and oxygen atoms in total. The minimum absolute atomic E-state index is 0.0391. The van der Waals surface area contributed by atoms with Gasteiger partial charge in [-0.1, -0.05) is 48.1 Å². The summed E-state index contributed by atoms with van der Waals surface area (Å²) in [5, 5.41) is 10.6. The molecule has 1 aliphatic heterocycles. The van der Waals surface area contributed by atoms with Crippen molar-refractivity contribution in [3.63, 3.8) is 0 Å². The number of aromatic hydroxyl groups is 1. The van der Waals surface area contributed by atoms with Gasteiger partial charge in [-0.15, -0.1) is 0 Å². The zero-order valence-electron chi connectivity index (χ0n) is 16.6. The molecule has 1 heterocycles. The van der Waals surface area contributed by atoms with Gasteiger partial charge in [-0.05, 0) is 69.5 Å². The van der Waals surface area contributed by atoms with Gasteiger partial charge in [0.05, 0.1) is 11.1 Å². The molecule has 3 heteroatoms. The number of phenolic OH excluding ortho intramolecular Hbond substituents is 1. The Morgan fingerprint density at radius 3 is 2.61 bits per heavy atom. The third kappa shape index (κ3) is 4.61. The number of allylic oxidation sites excluding steroid dienone is 3. The van der Waals surface area contributed by atoms with Crippen LogP contribution < -0.4 is 4.74 Å². The molecule has 0 unspecified atom stereocenters. The predicted octanol–water partition coefficient (Wildman–Crippen LogP) is 6.20. The van der Waals surface area contributed by atoms with Gasteiger partial charge < -0.3 is 9.84 Å². The van der Waals surface area contributed by atoms with Crippen molar-refractivity contribution in [2.75, 3.05) is 0 Å². The molecule has 0 bridgehead atoms. The first-order chi connectivity index (χ1) is 13.4. The van der Waals surface area contributed by atoms with Crippen molar-refractivity contribution in [3.05, 3.63) is 83.0 Å². The van der Waals surface area contributed by atoms with Gasteiger partial charge in [-0.3, -0.25) is 4.79 Å². The van der Waals surface area contributed by atoms with E-state index in [1.54, 1.807) is 18.2 Å². The van der Waals surface area contributed by atoms with Crippen molar-refractivity contribution >= 4 is 17.9 Å². The van der Waals surface area contributed by atoms with E-state index in [2.05, 4.69) is 19.9 Å². The zero-order valence-corrected chi connectivity index (χ0v) is 16.6. The maximum Gasteiger partial charge on any atom is 0.189 e. The Kier molecular flexibility index (Phi) is 5.84. The maximum atomic E-state index is 12.5. The van der Waals surface area contributed by atoms with Crippen molar-refractivity contribution < 1.29 is 14.6 Å². The Morgan fingerprint density at radius 1 is 1.14 bits per heavy atom. The van der Waals surface area contributed by atoms with Crippen LogP contribution in [0.2, 0.25) is 0 Å². The van der Waals surface area contributed by atoms with E-state index in [0.29, 0.717) is 11.3 Å². The van der Waals surface area contributed by atoms with Crippen LogP contribution in [0.25, 0.3) is 12.2 Å². The first kappa shape index (κ1) is 19.7. The van der Waals surface area contributed by atoms with Crippen LogP contribution in [-0.4, -0.2) is 16.5 Å². The van der Waals surface area contributed by atoms with Crippen molar-refractivity contribution in [2.45, 2.75) is 39.2 Å². The van der Waals surface area contributed by atoms with Crippen LogP contribution in [0.1, 0.15) is 55.1 Å². The summed E-state index contributed by atoms with van der Waals surface area (Å²) < 4.78 is 6.14. The van der Waals surface area contributed by atoms with Gasteiger partial charge >= 0.3 is 0 Å². The first-order valence-corrected chi connectivity index (χ1v) is 9.53. The van der Waals surface area contributed by atoms with Gasteiger partial charge in [-0.2, -0.15) is 0 Å². The van der Waals surface area contributed by atoms with E-state index >= 15 is 0 Å². The summed E-state index contributed by atoms with van der Waals surface area (Å²) in [6, 6.07) is 13.0. The third-order valence-electron chi connectivity index (χ3n) is 4.81. The Hall–Kier alpha value is -3.07. The Labute approximate surface area is 166 Å². The Bertz CT molecular complexity index is 947. The zero-order chi connectivity index (χ0) is 20.1. The molecule has 0 spiro atoms. The lowest BCUT2D eigenvalue weighted by molar-refractivity contribution is 0.104. The summed E-state index contributed by atoms with van der Waals surface area (Å²) in [5.41, 5.74) is 2.62. The molecule has 28 heavy (non-hydrogen) atoms. The molecule has 0 fully saturated rings. The fraction of sp³-hybridized carbons (Fsp3) is 0.240. The van der Waals surface area contributed by atoms with Crippen LogP contribution >= 0.6 is 0 Å². The number of phenols is 1. The molecule has 0 saturated heterocycles. The SMILES string of the molecule is CC(C)=CCC[C@@]1(C)C=Cc2c(ccc(C(=O)C=Cc3ccccc3)c2O)O1. The second-order valence-corrected chi connectivity index (χ2v) is 7.55. The van der Waals surface area contributed by atoms with Crippen molar-refractivity contribution in [2.24, 2.45) is 0 Å². The lowest BCUT2D eigenvalue weighted by Crippen LogP contribution is -2.31. The van der Waals surface area contributed by atoms with Crippen LogP contribution in [0.4, 0.5) is 0 Å². The van der Waals surface area contributed by atoms with Crippen molar-refractivity contribution in [1.29, 1.82) is 0 Å². The molecule has 0 aromatic heterocycles. The van der Waals surface area contributed by atoms with E-state index < -0.39 is 5.60 Å².